The normalized spacial score (nSPS) is 11.6. The maximum atomic E-state index is 12.5. The van der Waals surface area contributed by atoms with Crippen LogP contribution in [0.1, 0.15) is 23.4 Å². The van der Waals surface area contributed by atoms with Gasteiger partial charge in [0.15, 0.2) is 0 Å². The minimum atomic E-state index is -4.81. The van der Waals surface area contributed by atoms with Gasteiger partial charge >= 0.3 is 6.18 Å². The second-order valence-corrected chi connectivity index (χ2v) is 4.07. The molecule has 0 unspecified atom stereocenters. The van der Waals surface area contributed by atoms with E-state index in [9.17, 15) is 22.0 Å². The quantitative estimate of drug-likeness (QED) is 0.594. The van der Waals surface area contributed by atoms with Crippen molar-refractivity contribution < 1.29 is 22.0 Å². The van der Waals surface area contributed by atoms with E-state index in [2.05, 4.69) is 4.98 Å². The van der Waals surface area contributed by atoms with Crippen molar-refractivity contribution in [3.63, 3.8) is 0 Å². The summed E-state index contributed by atoms with van der Waals surface area (Å²) in [7, 11) is 0. The largest absolute Gasteiger partial charge is 0.433 e. The Balaban J connectivity index is 3.43. The smallest absolute Gasteiger partial charge is 0.246 e. The van der Waals surface area contributed by atoms with Crippen molar-refractivity contribution in [3.05, 3.63) is 26.6 Å². The molecule has 2 nitrogen and oxygen atoms in total. The van der Waals surface area contributed by atoms with Crippen LogP contribution in [0.4, 0.5) is 22.0 Å². The van der Waals surface area contributed by atoms with Crippen LogP contribution in [-0.2, 0) is 12.6 Å². The van der Waals surface area contributed by atoms with E-state index in [4.69, 9.17) is 5.26 Å². The molecule has 17 heavy (non-hydrogen) atoms. The molecule has 0 N–H and O–H groups in total. The number of hydrogen-bond donors (Lipinski definition) is 0. The Morgan fingerprint density at radius 3 is 2.41 bits per heavy atom. The van der Waals surface area contributed by atoms with Crippen LogP contribution < -0.4 is 0 Å². The van der Waals surface area contributed by atoms with Gasteiger partial charge in [0.05, 0.1) is 18.2 Å². The monoisotopic (exact) mass is 362 g/mol. The third-order valence-electron chi connectivity index (χ3n) is 1.83. The van der Waals surface area contributed by atoms with E-state index in [1.165, 1.54) is 22.6 Å². The first-order valence-electron chi connectivity index (χ1n) is 4.19. The summed E-state index contributed by atoms with van der Waals surface area (Å²) >= 11 is 1.46. The molecule has 0 aliphatic rings. The fourth-order valence-corrected chi connectivity index (χ4v) is 1.80. The second-order valence-electron chi connectivity index (χ2n) is 2.99. The molecule has 1 aromatic rings. The molecule has 0 saturated carbocycles. The van der Waals surface area contributed by atoms with E-state index in [1.807, 2.05) is 0 Å². The Morgan fingerprint density at radius 2 is 2.00 bits per heavy atom. The van der Waals surface area contributed by atoms with Crippen LogP contribution in [0.3, 0.4) is 0 Å². The Kier molecular flexibility index (Phi) is 4.24. The fourth-order valence-electron chi connectivity index (χ4n) is 1.10. The number of hydrogen-bond acceptors (Lipinski definition) is 2. The SMILES string of the molecule is N#CCc1nc(C(F)(F)F)cc(C(F)F)c1I. The van der Waals surface area contributed by atoms with Gasteiger partial charge in [0.1, 0.15) is 5.69 Å². The summed E-state index contributed by atoms with van der Waals surface area (Å²) in [6, 6.07) is 1.90. The van der Waals surface area contributed by atoms with E-state index in [0.29, 0.717) is 6.07 Å². The molecule has 0 atom stereocenters. The number of halogens is 6. The fraction of sp³-hybridized carbons (Fsp3) is 0.333. The standard InChI is InChI=1S/C9H4F5IN2/c10-8(11)4-3-6(9(12,13)14)17-5(1-2-16)7(4)15/h3,8H,1H2. The number of rotatable bonds is 2. The first-order valence-corrected chi connectivity index (χ1v) is 5.27. The number of aromatic nitrogens is 1. The lowest BCUT2D eigenvalue weighted by Gasteiger charge is -2.12. The molecule has 0 bridgehead atoms. The van der Waals surface area contributed by atoms with Gasteiger partial charge in [0.25, 0.3) is 6.43 Å². The van der Waals surface area contributed by atoms with Crippen LogP contribution in [0, 0.1) is 14.9 Å². The van der Waals surface area contributed by atoms with Crippen LogP contribution in [0.2, 0.25) is 0 Å². The summed E-state index contributed by atoms with van der Waals surface area (Å²) < 4.78 is 62.1. The zero-order chi connectivity index (χ0) is 13.2. The average molecular weight is 362 g/mol. The highest BCUT2D eigenvalue weighted by atomic mass is 127. The van der Waals surface area contributed by atoms with Gasteiger partial charge in [-0.25, -0.2) is 13.8 Å². The summed E-state index contributed by atoms with van der Waals surface area (Å²) in [5, 5.41) is 8.41. The summed E-state index contributed by atoms with van der Waals surface area (Å²) in [6.45, 7) is 0. The van der Waals surface area contributed by atoms with Crippen LogP contribution in [0.25, 0.3) is 0 Å². The molecule has 0 aliphatic carbocycles. The molecule has 92 valence electrons. The molecular weight excluding hydrogens is 358 g/mol. The van der Waals surface area contributed by atoms with Gasteiger partial charge < -0.3 is 0 Å². The van der Waals surface area contributed by atoms with Crippen LogP contribution in [0.5, 0.6) is 0 Å². The molecule has 1 heterocycles. The van der Waals surface area contributed by atoms with Gasteiger partial charge in [0, 0.05) is 9.13 Å². The van der Waals surface area contributed by atoms with Gasteiger partial charge in [0.2, 0.25) is 0 Å². The average Bonchev–Trinajstić information content (AvgIpc) is 2.19. The number of alkyl halides is 5. The minimum absolute atomic E-state index is 0.104. The lowest BCUT2D eigenvalue weighted by molar-refractivity contribution is -0.141. The Labute approximate surface area is 107 Å². The van der Waals surface area contributed by atoms with Crippen LogP contribution >= 0.6 is 22.6 Å². The van der Waals surface area contributed by atoms with E-state index >= 15 is 0 Å². The Hall–Kier alpha value is -0.980. The van der Waals surface area contributed by atoms with Crippen molar-refractivity contribution in [2.75, 3.05) is 0 Å². The summed E-state index contributed by atoms with van der Waals surface area (Å²) in [6.07, 6.45) is -8.29. The van der Waals surface area contributed by atoms with Gasteiger partial charge in [-0.3, -0.25) is 0 Å². The third-order valence-corrected chi connectivity index (χ3v) is 3.07. The lowest BCUT2D eigenvalue weighted by Crippen LogP contribution is -2.12. The highest BCUT2D eigenvalue weighted by molar-refractivity contribution is 14.1. The lowest BCUT2D eigenvalue weighted by atomic mass is 10.1. The molecule has 0 amide bonds. The minimum Gasteiger partial charge on any atom is -0.246 e. The summed E-state index contributed by atoms with van der Waals surface area (Å²) in [4.78, 5) is 3.19. The Bertz CT molecular complexity index is 464. The molecule has 0 aromatic carbocycles. The van der Waals surface area contributed by atoms with E-state index in [0.717, 1.165) is 0 Å². The highest BCUT2D eigenvalue weighted by Crippen LogP contribution is 2.34. The first kappa shape index (κ1) is 14.1. The second kappa shape index (κ2) is 5.12. The van der Waals surface area contributed by atoms with E-state index < -0.39 is 30.3 Å². The molecule has 8 heteroatoms. The van der Waals surface area contributed by atoms with Crippen molar-refractivity contribution in [1.29, 1.82) is 5.26 Å². The number of nitriles is 1. The maximum absolute atomic E-state index is 12.5. The highest BCUT2D eigenvalue weighted by Gasteiger charge is 2.35. The van der Waals surface area contributed by atoms with E-state index in [1.54, 1.807) is 6.07 Å². The first-order chi connectivity index (χ1) is 7.77. The Morgan fingerprint density at radius 1 is 1.41 bits per heavy atom. The number of nitrogens with zero attached hydrogens (tertiary/aromatic N) is 2. The van der Waals surface area contributed by atoms with Crippen LogP contribution in [-0.4, -0.2) is 4.98 Å². The third kappa shape index (κ3) is 3.24. The summed E-state index contributed by atoms with van der Waals surface area (Å²) in [5.41, 5.74) is -2.44. The van der Waals surface area contributed by atoms with Crippen LogP contribution in [0.15, 0.2) is 6.07 Å². The van der Waals surface area contributed by atoms with Crippen molar-refractivity contribution in [2.24, 2.45) is 0 Å². The molecule has 1 aromatic heterocycles. The molecular formula is C9H4F5IN2. The van der Waals surface area contributed by atoms with Gasteiger partial charge in [-0.1, -0.05) is 0 Å². The molecule has 0 radical (unpaired) electrons. The zero-order valence-electron chi connectivity index (χ0n) is 8.02. The summed E-state index contributed by atoms with van der Waals surface area (Å²) in [5.74, 6) is 0. The van der Waals surface area contributed by atoms with E-state index in [-0.39, 0.29) is 9.26 Å². The van der Waals surface area contributed by atoms with Crippen molar-refractivity contribution >= 4 is 22.6 Å². The topological polar surface area (TPSA) is 36.7 Å². The molecule has 1 rings (SSSR count). The number of pyridine rings is 1. The zero-order valence-corrected chi connectivity index (χ0v) is 10.2. The van der Waals surface area contributed by atoms with Crippen molar-refractivity contribution in [1.82, 2.24) is 4.98 Å². The van der Waals surface area contributed by atoms with Crippen molar-refractivity contribution in [2.45, 2.75) is 19.0 Å². The van der Waals surface area contributed by atoms with Gasteiger partial charge in [-0.05, 0) is 28.7 Å². The van der Waals surface area contributed by atoms with Gasteiger partial charge in [-0.15, -0.1) is 0 Å². The maximum Gasteiger partial charge on any atom is 0.433 e. The predicted molar refractivity (Wildman–Crippen MR) is 56.2 cm³/mol. The molecule has 0 fully saturated rings. The molecule has 0 saturated heterocycles. The molecule has 0 spiro atoms. The van der Waals surface area contributed by atoms with Crippen molar-refractivity contribution in [3.8, 4) is 6.07 Å². The predicted octanol–water partition coefficient (Wildman–Crippen LogP) is 3.71. The molecule has 0 aliphatic heterocycles. The van der Waals surface area contributed by atoms with Gasteiger partial charge in [-0.2, -0.15) is 18.4 Å².